The molecule has 4 aromatic carbocycles. The standard InChI is InChI=1S/C31H22N2O2/c34-33(35)25-17-15-23(16-18-25)27-19-24(21-9-3-1-4-10-21)20-28(22-11-5-2-6-12-22)31-30(27)26-13-7-8-14-29(26)32-31/h1-20,27,32H/t27-/m0/s1. The maximum absolute atomic E-state index is 11.3. The first-order valence-electron chi connectivity index (χ1n) is 11.6. The number of para-hydroxylation sites is 1. The number of benzene rings is 4. The molecule has 0 saturated heterocycles. The minimum absolute atomic E-state index is 0.0883. The number of hydrogen-bond acceptors (Lipinski definition) is 2. The van der Waals surface area contributed by atoms with Crippen LogP contribution in [0.3, 0.4) is 0 Å². The summed E-state index contributed by atoms with van der Waals surface area (Å²) in [6.45, 7) is 0. The summed E-state index contributed by atoms with van der Waals surface area (Å²) >= 11 is 0. The third kappa shape index (κ3) is 3.75. The van der Waals surface area contributed by atoms with Gasteiger partial charge in [0.2, 0.25) is 0 Å². The SMILES string of the molecule is O=[N+]([O-])c1ccc([C@@H]2C=C(c3ccccc3)C=C(c3ccccc3)c3[nH]c4ccccc4c32)cc1. The fourth-order valence-electron chi connectivity index (χ4n) is 4.96. The minimum atomic E-state index is -0.353. The molecule has 0 spiro atoms. The van der Waals surface area contributed by atoms with Gasteiger partial charge in [-0.25, -0.2) is 0 Å². The van der Waals surface area contributed by atoms with Gasteiger partial charge >= 0.3 is 0 Å². The number of nitrogens with one attached hydrogen (secondary N) is 1. The molecule has 5 aromatic rings. The van der Waals surface area contributed by atoms with Gasteiger partial charge in [-0.2, -0.15) is 0 Å². The topological polar surface area (TPSA) is 58.9 Å². The van der Waals surface area contributed by atoms with Crippen molar-refractivity contribution < 1.29 is 4.92 Å². The number of aromatic amines is 1. The summed E-state index contributed by atoms with van der Waals surface area (Å²) in [4.78, 5) is 14.6. The molecular weight excluding hydrogens is 432 g/mol. The van der Waals surface area contributed by atoms with Gasteiger partial charge in [0.1, 0.15) is 0 Å². The van der Waals surface area contributed by atoms with Crippen LogP contribution in [0, 0.1) is 10.1 Å². The molecule has 1 atom stereocenters. The maximum atomic E-state index is 11.3. The summed E-state index contributed by atoms with van der Waals surface area (Å²) in [5.74, 6) is -0.0883. The fourth-order valence-corrected chi connectivity index (χ4v) is 4.96. The molecule has 6 rings (SSSR count). The number of fused-ring (bicyclic) bond motifs is 3. The molecule has 1 aromatic heterocycles. The fraction of sp³-hybridized carbons (Fsp3) is 0.0323. The van der Waals surface area contributed by atoms with E-state index in [2.05, 4.69) is 71.7 Å². The second-order valence-corrected chi connectivity index (χ2v) is 8.70. The smallest absolute Gasteiger partial charge is 0.269 e. The van der Waals surface area contributed by atoms with E-state index in [1.807, 2.05) is 42.5 Å². The van der Waals surface area contributed by atoms with Gasteiger partial charge in [0, 0.05) is 34.5 Å². The summed E-state index contributed by atoms with van der Waals surface area (Å²) < 4.78 is 0. The molecule has 1 aliphatic rings. The number of allylic oxidation sites excluding steroid dienone is 3. The molecular formula is C31H22N2O2. The lowest BCUT2D eigenvalue weighted by atomic mass is 9.87. The van der Waals surface area contributed by atoms with E-state index in [-0.39, 0.29) is 16.5 Å². The molecule has 0 unspecified atom stereocenters. The van der Waals surface area contributed by atoms with Crippen molar-refractivity contribution in [3.8, 4) is 0 Å². The largest absolute Gasteiger partial charge is 0.354 e. The first-order chi connectivity index (χ1) is 17.2. The second kappa shape index (κ2) is 8.58. The predicted octanol–water partition coefficient (Wildman–Crippen LogP) is 7.74. The van der Waals surface area contributed by atoms with Gasteiger partial charge in [-0.15, -0.1) is 0 Å². The van der Waals surface area contributed by atoms with Gasteiger partial charge in [-0.1, -0.05) is 97.1 Å². The summed E-state index contributed by atoms with van der Waals surface area (Å²) in [7, 11) is 0. The van der Waals surface area contributed by atoms with Crippen molar-refractivity contribution in [2.45, 2.75) is 5.92 Å². The molecule has 1 N–H and O–H groups in total. The molecule has 0 aliphatic heterocycles. The van der Waals surface area contributed by atoms with Crippen molar-refractivity contribution in [2.24, 2.45) is 0 Å². The lowest BCUT2D eigenvalue weighted by Gasteiger charge is -2.16. The van der Waals surface area contributed by atoms with Crippen LogP contribution in [0.15, 0.2) is 121 Å². The Kier molecular flexibility index (Phi) is 5.12. The number of hydrogen-bond donors (Lipinski definition) is 1. The molecule has 168 valence electrons. The van der Waals surface area contributed by atoms with E-state index in [1.54, 1.807) is 12.1 Å². The van der Waals surface area contributed by atoms with E-state index in [4.69, 9.17) is 0 Å². The molecule has 1 aliphatic carbocycles. The van der Waals surface area contributed by atoms with Gasteiger partial charge in [0.05, 0.1) is 10.6 Å². The zero-order valence-corrected chi connectivity index (χ0v) is 18.9. The van der Waals surface area contributed by atoms with Crippen LogP contribution < -0.4 is 0 Å². The van der Waals surface area contributed by atoms with Crippen LogP contribution in [0.2, 0.25) is 0 Å². The van der Waals surface area contributed by atoms with Crippen molar-refractivity contribution in [3.63, 3.8) is 0 Å². The summed E-state index contributed by atoms with van der Waals surface area (Å²) in [6.07, 6.45) is 4.54. The average molecular weight is 455 g/mol. The first kappa shape index (κ1) is 20.9. The van der Waals surface area contributed by atoms with E-state index < -0.39 is 0 Å². The predicted molar refractivity (Wildman–Crippen MR) is 141 cm³/mol. The lowest BCUT2D eigenvalue weighted by Crippen LogP contribution is -2.01. The number of nitro groups is 1. The van der Waals surface area contributed by atoms with Crippen molar-refractivity contribution in [2.75, 3.05) is 0 Å². The van der Waals surface area contributed by atoms with Crippen LogP contribution in [0.5, 0.6) is 0 Å². The maximum Gasteiger partial charge on any atom is 0.269 e. The van der Waals surface area contributed by atoms with Crippen LogP contribution >= 0.6 is 0 Å². The molecule has 1 heterocycles. The van der Waals surface area contributed by atoms with Gasteiger partial charge in [-0.3, -0.25) is 10.1 Å². The molecule has 35 heavy (non-hydrogen) atoms. The molecule has 0 saturated carbocycles. The Balaban J connectivity index is 1.65. The summed E-state index contributed by atoms with van der Waals surface area (Å²) in [5.41, 5.74) is 8.92. The van der Waals surface area contributed by atoms with Crippen LogP contribution in [-0.2, 0) is 0 Å². The highest BCUT2D eigenvalue weighted by molar-refractivity contribution is 5.99. The van der Waals surface area contributed by atoms with E-state index in [0.29, 0.717) is 0 Å². The molecule has 0 amide bonds. The quantitative estimate of drug-likeness (QED) is 0.223. The van der Waals surface area contributed by atoms with E-state index in [9.17, 15) is 10.1 Å². The molecule has 4 heteroatoms. The van der Waals surface area contributed by atoms with Crippen LogP contribution in [0.1, 0.15) is 33.9 Å². The Labute approximate surface area is 203 Å². The molecule has 0 bridgehead atoms. The average Bonchev–Trinajstić information content (AvgIpc) is 3.20. The number of aromatic nitrogens is 1. The van der Waals surface area contributed by atoms with Gasteiger partial charge < -0.3 is 4.98 Å². The Morgan fingerprint density at radius 2 is 1.34 bits per heavy atom. The van der Waals surface area contributed by atoms with Gasteiger partial charge in [0.15, 0.2) is 0 Å². The Hall–Kier alpha value is -4.70. The Bertz CT molecular complexity index is 1590. The van der Waals surface area contributed by atoms with Gasteiger partial charge in [-0.05, 0) is 40.0 Å². The molecule has 0 radical (unpaired) electrons. The highest BCUT2D eigenvalue weighted by Gasteiger charge is 2.27. The zero-order chi connectivity index (χ0) is 23.8. The highest BCUT2D eigenvalue weighted by Crippen LogP contribution is 2.44. The number of nitrogens with zero attached hydrogens (tertiary/aromatic N) is 1. The third-order valence-corrected chi connectivity index (χ3v) is 6.63. The first-order valence-corrected chi connectivity index (χ1v) is 11.6. The normalized spacial score (nSPS) is 15.1. The number of non-ortho nitro benzene ring substituents is 1. The molecule has 4 nitrogen and oxygen atoms in total. The monoisotopic (exact) mass is 454 g/mol. The van der Waals surface area contributed by atoms with Crippen LogP contribution in [0.4, 0.5) is 5.69 Å². The Morgan fingerprint density at radius 3 is 2.03 bits per heavy atom. The van der Waals surface area contributed by atoms with E-state index >= 15 is 0 Å². The van der Waals surface area contributed by atoms with Crippen molar-refractivity contribution in [1.29, 1.82) is 0 Å². The van der Waals surface area contributed by atoms with Crippen molar-refractivity contribution in [1.82, 2.24) is 4.98 Å². The third-order valence-electron chi connectivity index (χ3n) is 6.63. The lowest BCUT2D eigenvalue weighted by molar-refractivity contribution is -0.384. The van der Waals surface area contributed by atoms with E-state index in [0.717, 1.165) is 44.4 Å². The van der Waals surface area contributed by atoms with E-state index in [1.165, 1.54) is 5.56 Å². The zero-order valence-electron chi connectivity index (χ0n) is 18.9. The highest BCUT2D eigenvalue weighted by atomic mass is 16.6. The van der Waals surface area contributed by atoms with Crippen LogP contribution in [0.25, 0.3) is 22.0 Å². The number of rotatable bonds is 4. The summed E-state index contributed by atoms with van der Waals surface area (Å²) in [5, 5.41) is 12.4. The van der Waals surface area contributed by atoms with Crippen molar-refractivity contribution >= 4 is 27.7 Å². The second-order valence-electron chi connectivity index (χ2n) is 8.70. The van der Waals surface area contributed by atoms with Crippen LogP contribution in [-0.4, -0.2) is 9.91 Å². The number of nitro benzene ring substituents is 1. The van der Waals surface area contributed by atoms with Crippen molar-refractivity contribution in [3.05, 3.63) is 159 Å². The Morgan fingerprint density at radius 1 is 0.714 bits per heavy atom. The van der Waals surface area contributed by atoms with Gasteiger partial charge in [0.25, 0.3) is 5.69 Å². The number of H-pyrrole nitrogens is 1. The molecule has 0 fully saturated rings. The summed E-state index contributed by atoms with van der Waals surface area (Å²) in [6, 6.07) is 36.1. The minimum Gasteiger partial charge on any atom is -0.354 e.